The number of hydrogen-bond acceptors (Lipinski definition) is 5. The van der Waals surface area contributed by atoms with E-state index in [9.17, 15) is 13.2 Å². The van der Waals surface area contributed by atoms with Gasteiger partial charge in [-0.2, -0.15) is 0 Å². The van der Waals surface area contributed by atoms with Gasteiger partial charge in [-0.3, -0.25) is 9.52 Å². The fraction of sp³-hybridized carbons (Fsp3) is 0.143. The van der Waals surface area contributed by atoms with Crippen molar-refractivity contribution in [2.24, 2.45) is 0 Å². The highest BCUT2D eigenvalue weighted by Gasteiger charge is 2.20. The molecule has 3 rings (SSSR count). The lowest BCUT2D eigenvalue weighted by Crippen LogP contribution is -2.32. The largest absolute Gasteiger partial charge is 0.479 e. The Hall–Kier alpha value is -3.10. The Balaban J connectivity index is 1.67. The zero-order valence-electron chi connectivity index (χ0n) is 16.1. The van der Waals surface area contributed by atoms with Gasteiger partial charge in [0.05, 0.1) is 9.92 Å². The Morgan fingerprint density at radius 1 is 1.07 bits per heavy atom. The first kappa shape index (κ1) is 21.6. The second-order valence-corrected chi connectivity index (χ2v) is 8.37. The number of amides is 1. The Labute approximate surface area is 180 Å². The average molecular weight is 446 g/mol. The first-order valence-corrected chi connectivity index (χ1v) is 11.0. The Kier molecular flexibility index (Phi) is 6.91. The number of anilines is 2. The molecule has 9 heteroatoms. The molecule has 0 bridgehead atoms. The molecule has 0 aliphatic carbocycles. The summed E-state index contributed by atoms with van der Waals surface area (Å²) >= 11 is 6.08. The van der Waals surface area contributed by atoms with Gasteiger partial charge in [0.2, 0.25) is 0 Å². The van der Waals surface area contributed by atoms with Crippen LogP contribution in [0.25, 0.3) is 0 Å². The number of ether oxygens (including phenoxy) is 1. The number of aromatic nitrogens is 1. The number of hydrogen-bond donors (Lipinski definition) is 2. The molecule has 0 aliphatic heterocycles. The SMILES string of the molecule is CCC(Oc1ccccc1Cl)C(=O)Nc1ccc(S(=O)(=O)Nc2ccccn2)cc1. The smallest absolute Gasteiger partial charge is 0.265 e. The summed E-state index contributed by atoms with van der Waals surface area (Å²) in [5.74, 6) is 0.278. The molecule has 2 aromatic carbocycles. The zero-order valence-corrected chi connectivity index (χ0v) is 17.7. The van der Waals surface area contributed by atoms with Gasteiger partial charge in [0.15, 0.2) is 6.10 Å². The highest BCUT2D eigenvalue weighted by Crippen LogP contribution is 2.25. The van der Waals surface area contributed by atoms with E-state index in [4.69, 9.17) is 16.3 Å². The summed E-state index contributed by atoms with van der Waals surface area (Å²) < 4.78 is 33.0. The Bertz CT molecular complexity index is 1110. The number of halogens is 1. The maximum absolute atomic E-state index is 12.6. The van der Waals surface area contributed by atoms with Gasteiger partial charge in [-0.25, -0.2) is 13.4 Å². The lowest BCUT2D eigenvalue weighted by Gasteiger charge is -2.18. The number of pyridine rings is 1. The summed E-state index contributed by atoms with van der Waals surface area (Å²) in [4.78, 5) is 16.6. The van der Waals surface area contributed by atoms with Crippen molar-refractivity contribution in [3.8, 4) is 5.75 Å². The molecule has 1 aromatic heterocycles. The number of nitrogens with one attached hydrogen (secondary N) is 2. The maximum atomic E-state index is 12.6. The van der Waals surface area contributed by atoms with Gasteiger partial charge in [-0.05, 0) is 55.0 Å². The maximum Gasteiger partial charge on any atom is 0.265 e. The van der Waals surface area contributed by atoms with E-state index in [1.54, 1.807) is 42.5 Å². The van der Waals surface area contributed by atoms with Crippen LogP contribution >= 0.6 is 11.6 Å². The van der Waals surface area contributed by atoms with E-state index >= 15 is 0 Å². The first-order chi connectivity index (χ1) is 14.4. The summed E-state index contributed by atoms with van der Waals surface area (Å²) in [6.45, 7) is 1.82. The fourth-order valence-corrected chi connectivity index (χ4v) is 3.76. The number of carbonyl (C=O) groups excluding carboxylic acids is 1. The van der Waals surface area contributed by atoms with Crippen LogP contribution in [-0.4, -0.2) is 25.4 Å². The van der Waals surface area contributed by atoms with Crippen LogP contribution in [0.2, 0.25) is 5.02 Å². The highest BCUT2D eigenvalue weighted by atomic mass is 35.5. The summed E-state index contributed by atoms with van der Waals surface area (Å²) in [6, 6.07) is 17.6. The molecule has 1 amide bonds. The Morgan fingerprint density at radius 2 is 1.77 bits per heavy atom. The molecule has 0 radical (unpaired) electrons. The number of rotatable bonds is 8. The van der Waals surface area contributed by atoms with Gasteiger partial charge < -0.3 is 10.1 Å². The lowest BCUT2D eigenvalue weighted by atomic mass is 10.2. The molecule has 0 spiro atoms. The molecular weight excluding hydrogens is 426 g/mol. The van der Waals surface area contributed by atoms with Crippen LogP contribution in [0.1, 0.15) is 13.3 Å². The van der Waals surface area contributed by atoms with E-state index in [0.29, 0.717) is 22.9 Å². The number of benzene rings is 2. The molecule has 0 saturated heterocycles. The van der Waals surface area contributed by atoms with E-state index < -0.39 is 16.1 Å². The molecule has 0 saturated carbocycles. The van der Waals surface area contributed by atoms with Gasteiger partial charge in [0, 0.05) is 11.9 Å². The molecule has 1 atom stereocenters. The summed E-state index contributed by atoms with van der Waals surface area (Å²) in [6.07, 6.45) is 1.17. The average Bonchev–Trinajstić information content (AvgIpc) is 2.74. The molecule has 3 aromatic rings. The monoisotopic (exact) mass is 445 g/mol. The van der Waals surface area contributed by atoms with Crippen LogP contribution in [0.4, 0.5) is 11.5 Å². The van der Waals surface area contributed by atoms with Crippen molar-refractivity contribution in [3.63, 3.8) is 0 Å². The second-order valence-electron chi connectivity index (χ2n) is 6.28. The van der Waals surface area contributed by atoms with E-state index in [2.05, 4.69) is 15.0 Å². The molecule has 1 heterocycles. The van der Waals surface area contributed by atoms with Gasteiger partial charge in [-0.15, -0.1) is 0 Å². The first-order valence-electron chi connectivity index (χ1n) is 9.15. The van der Waals surface area contributed by atoms with Crippen LogP contribution < -0.4 is 14.8 Å². The predicted octanol–water partition coefficient (Wildman–Crippen LogP) is 4.33. The predicted molar refractivity (Wildman–Crippen MR) is 116 cm³/mol. The van der Waals surface area contributed by atoms with E-state index in [1.807, 2.05) is 6.92 Å². The second kappa shape index (κ2) is 9.60. The quantitative estimate of drug-likeness (QED) is 0.537. The van der Waals surface area contributed by atoms with Crippen LogP contribution in [-0.2, 0) is 14.8 Å². The normalized spacial score (nSPS) is 12.1. The molecule has 0 aliphatic rings. The summed E-state index contributed by atoms with van der Waals surface area (Å²) in [7, 11) is -3.79. The topological polar surface area (TPSA) is 97.4 Å². The molecule has 1 unspecified atom stereocenters. The Morgan fingerprint density at radius 3 is 2.40 bits per heavy atom. The molecular formula is C21H20ClN3O4S. The van der Waals surface area contributed by atoms with Crippen molar-refractivity contribution >= 4 is 39.0 Å². The van der Waals surface area contributed by atoms with Crippen molar-refractivity contribution in [1.29, 1.82) is 0 Å². The van der Waals surface area contributed by atoms with Crippen molar-refractivity contribution in [1.82, 2.24) is 4.98 Å². The third-order valence-electron chi connectivity index (χ3n) is 4.11. The molecule has 30 heavy (non-hydrogen) atoms. The lowest BCUT2D eigenvalue weighted by molar-refractivity contribution is -0.122. The minimum Gasteiger partial charge on any atom is -0.479 e. The molecule has 156 valence electrons. The van der Waals surface area contributed by atoms with Gasteiger partial charge in [0.1, 0.15) is 11.6 Å². The number of para-hydroxylation sites is 1. The number of nitrogens with zero attached hydrogens (tertiary/aromatic N) is 1. The van der Waals surface area contributed by atoms with E-state index in [0.717, 1.165) is 0 Å². The van der Waals surface area contributed by atoms with Crippen molar-refractivity contribution < 1.29 is 17.9 Å². The van der Waals surface area contributed by atoms with Crippen LogP contribution in [0.15, 0.2) is 77.8 Å². The highest BCUT2D eigenvalue weighted by molar-refractivity contribution is 7.92. The summed E-state index contributed by atoms with van der Waals surface area (Å²) in [5, 5.41) is 3.14. The zero-order chi connectivity index (χ0) is 21.6. The van der Waals surface area contributed by atoms with Crippen LogP contribution in [0, 0.1) is 0 Å². The third-order valence-corrected chi connectivity index (χ3v) is 5.79. The van der Waals surface area contributed by atoms with Crippen molar-refractivity contribution in [2.45, 2.75) is 24.3 Å². The van der Waals surface area contributed by atoms with Gasteiger partial charge in [0.25, 0.3) is 15.9 Å². The summed E-state index contributed by atoms with van der Waals surface area (Å²) in [5.41, 5.74) is 0.443. The standard InChI is InChI=1S/C21H20ClN3O4S/c1-2-18(29-19-8-4-3-7-17(19)22)21(26)24-15-10-12-16(13-11-15)30(27,28)25-20-9-5-6-14-23-20/h3-14,18H,2H2,1H3,(H,23,25)(H,24,26). The minimum atomic E-state index is -3.79. The fourth-order valence-electron chi connectivity index (χ4n) is 2.58. The molecule has 2 N–H and O–H groups in total. The number of sulfonamides is 1. The van der Waals surface area contributed by atoms with Crippen LogP contribution in [0.5, 0.6) is 5.75 Å². The van der Waals surface area contributed by atoms with Gasteiger partial charge >= 0.3 is 0 Å². The minimum absolute atomic E-state index is 0.0468. The van der Waals surface area contributed by atoms with E-state index in [-0.39, 0.29) is 16.6 Å². The van der Waals surface area contributed by atoms with Crippen molar-refractivity contribution in [2.75, 3.05) is 10.0 Å². The molecule has 0 fully saturated rings. The third kappa shape index (κ3) is 5.49. The van der Waals surface area contributed by atoms with Crippen molar-refractivity contribution in [3.05, 3.63) is 77.9 Å². The van der Waals surface area contributed by atoms with E-state index in [1.165, 1.54) is 30.5 Å². The molecule has 7 nitrogen and oxygen atoms in total. The van der Waals surface area contributed by atoms with Crippen LogP contribution in [0.3, 0.4) is 0 Å². The van der Waals surface area contributed by atoms with Gasteiger partial charge in [-0.1, -0.05) is 36.7 Å². The number of carbonyl (C=O) groups is 1.